The summed E-state index contributed by atoms with van der Waals surface area (Å²) in [5.41, 5.74) is 0. The molecule has 2 radical (unpaired) electrons. The number of hydrogen-bond donors (Lipinski definition) is 1. The molecule has 1 aliphatic heterocycles. The fraction of sp³-hybridized carbons (Fsp3) is 0.444. The first-order valence-corrected chi connectivity index (χ1v) is 3.77. The molecular weight excluding hydrogens is 122 g/mol. The van der Waals surface area contributed by atoms with Gasteiger partial charge < -0.3 is 5.32 Å². The van der Waals surface area contributed by atoms with Gasteiger partial charge in [-0.25, -0.2) is 0 Å². The molecule has 1 heterocycles. The molecular formula is C9H11N. The van der Waals surface area contributed by atoms with Crippen LogP contribution in [-0.2, 0) is 0 Å². The first-order chi connectivity index (χ1) is 4.97. The maximum absolute atomic E-state index is 3.38. The van der Waals surface area contributed by atoms with Crippen molar-refractivity contribution in [1.82, 2.24) is 5.32 Å². The van der Waals surface area contributed by atoms with Gasteiger partial charge in [0.05, 0.1) is 0 Å². The first kappa shape index (κ1) is 6.17. The third-order valence-corrected chi connectivity index (χ3v) is 2.09. The van der Waals surface area contributed by atoms with E-state index in [0.717, 1.165) is 13.0 Å². The van der Waals surface area contributed by atoms with Gasteiger partial charge in [-0.15, -0.1) is 0 Å². The summed E-state index contributed by atoms with van der Waals surface area (Å²) < 4.78 is 0. The van der Waals surface area contributed by atoms with E-state index in [0.29, 0.717) is 12.0 Å². The van der Waals surface area contributed by atoms with Crippen LogP contribution in [0.5, 0.6) is 0 Å². The van der Waals surface area contributed by atoms with Crippen LogP contribution in [0.15, 0.2) is 24.3 Å². The maximum Gasteiger partial charge on any atom is 0.0290 e. The second kappa shape index (κ2) is 2.59. The van der Waals surface area contributed by atoms with Crippen molar-refractivity contribution in [1.29, 1.82) is 0 Å². The molecule has 2 rings (SSSR count). The Bertz CT molecular complexity index is 170. The Labute approximate surface area is 61.8 Å². The van der Waals surface area contributed by atoms with Gasteiger partial charge in [0, 0.05) is 19.0 Å². The van der Waals surface area contributed by atoms with Gasteiger partial charge in [0.1, 0.15) is 0 Å². The van der Waals surface area contributed by atoms with E-state index in [1.807, 2.05) is 0 Å². The molecule has 0 aromatic carbocycles. The van der Waals surface area contributed by atoms with Crippen LogP contribution in [0, 0.1) is 12.3 Å². The standard InChI is InChI=1S/C9H11N/c1-2-4-8-6-7-10-9(8)5-3-1/h1-3,5,8-10H,4,7H2. The number of rotatable bonds is 0. The highest BCUT2D eigenvalue weighted by atomic mass is 14.9. The Morgan fingerprint density at radius 3 is 3.40 bits per heavy atom. The number of fused-ring (bicyclic) bond motifs is 1. The third-order valence-electron chi connectivity index (χ3n) is 2.09. The topological polar surface area (TPSA) is 12.0 Å². The van der Waals surface area contributed by atoms with Crippen molar-refractivity contribution >= 4 is 0 Å². The summed E-state index contributed by atoms with van der Waals surface area (Å²) in [6.07, 6.45) is 13.2. The molecule has 1 aliphatic carbocycles. The Kier molecular flexibility index (Phi) is 1.60. The first-order valence-electron chi connectivity index (χ1n) is 3.77. The molecule has 0 aromatic heterocycles. The lowest BCUT2D eigenvalue weighted by atomic mass is 9.98. The van der Waals surface area contributed by atoms with E-state index < -0.39 is 0 Å². The van der Waals surface area contributed by atoms with Gasteiger partial charge in [-0.1, -0.05) is 24.3 Å². The minimum atomic E-state index is 0.551. The molecule has 10 heavy (non-hydrogen) atoms. The predicted molar refractivity (Wildman–Crippen MR) is 41.4 cm³/mol. The van der Waals surface area contributed by atoms with Gasteiger partial charge in [-0.3, -0.25) is 0 Å². The fourth-order valence-corrected chi connectivity index (χ4v) is 1.50. The van der Waals surface area contributed by atoms with Crippen molar-refractivity contribution in [3.05, 3.63) is 30.7 Å². The highest BCUT2D eigenvalue weighted by molar-refractivity contribution is 5.16. The molecule has 1 N–H and O–H groups in total. The van der Waals surface area contributed by atoms with E-state index in [-0.39, 0.29) is 0 Å². The zero-order chi connectivity index (χ0) is 6.81. The van der Waals surface area contributed by atoms with E-state index in [1.54, 1.807) is 0 Å². The average Bonchev–Trinajstić information content (AvgIpc) is 2.28. The molecule has 0 aromatic rings. The van der Waals surface area contributed by atoms with Crippen LogP contribution in [0.1, 0.15) is 6.42 Å². The van der Waals surface area contributed by atoms with Crippen molar-refractivity contribution in [2.75, 3.05) is 6.54 Å². The molecule has 1 heteroatoms. The highest BCUT2D eigenvalue weighted by Crippen LogP contribution is 2.21. The molecule has 0 saturated carbocycles. The van der Waals surface area contributed by atoms with Gasteiger partial charge in [-0.2, -0.15) is 0 Å². The average molecular weight is 133 g/mol. The second-order valence-electron chi connectivity index (χ2n) is 2.77. The summed E-state index contributed by atoms with van der Waals surface area (Å²) in [6.45, 7) is 0.952. The molecule has 2 aliphatic rings. The lowest BCUT2D eigenvalue weighted by Crippen LogP contribution is -2.23. The zero-order valence-electron chi connectivity index (χ0n) is 5.88. The lowest BCUT2D eigenvalue weighted by molar-refractivity contribution is 0.565. The van der Waals surface area contributed by atoms with Crippen LogP contribution in [0.25, 0.3) is 0 Å². The molecule has 0 bridgehead atoms. The molecule has 1 saturated heterocycles. The van der Waals surface area contributed by atoms with E-state index in [1.165, 1.54) is 0 Å². The molecule has 2 unspecified atom stereocenters. The summed E-state index contributed by atoms with van der Waals surface area (Å²) in [7, 11) is 0. The van der Waals surface area contributed by atoms with Crippen molar-refractivity contribution in [2.24, 2.45) is 5.92 Å². The van der Waals surface area contributed by atoms with E-state index in [9.17, 15) is 0 Å². The van der Waals surface area contributed by atoms with Gasteiger partial charge in [0.15, 0.2) is 0 Å². The van der Waals surface area contributed by atoms with Crippen molar-refractivity contribution in [3.63, 3.8) is 0 Å². The van der Waals surface area contributed by atoms with Crippen LogP contribution in [0.2, 0.25) is 0 Å². The fourth-order valence-electron chi connectivity index (χ4n) is 1.50. The third kappa shape index (κ3) is 1.01. The molecule has 52 valence electrons. The summed E-state index contributed by atoms with van der Waals surface area (Å²) >= 11 is 0. The van der Waals surface area contributed by atoms with Crippen molar-refractivity contribution in [2.45, 2.75) is 12.5 Å². The van der Waals surface area contributed by atoms with Gasteiger partial charge in [-0.05, 0) is 12.3 Å². The predicted octanol–water partition coefficient (Wildman–Crippen LogP) is 1.17. The lowest BCUT2D eigenvalue weighted by Gasteiger charge is -2.10. The largest absolute Gasteiger partial charge is 0.310 e. The van der Waals surface area contributed by atoms with Crippen LogP contribution in [-0.4, -0.2) is 12.6 Å². The Morgan fingerprint density at radius 1 is 1.40 bits per heavy atom. The molecule has 2 atom stereocenters. The molecule has 1 nitrogen and oxygen atoms in total. The van der Waals surface area contributed by atoms with E-state index in [2.05, 4.69) is 36.0 Å². The monoisotopic (exact) mass is 133 g/mol. The second-order valence-corrected chi connectivity index (χ2v) is 2.77. The van der Waals surface area contributed by atoms with Crippen LogP contribution in [0.3, 0.4) is 0 Å². The van der Waals surface area contributed by atoms with Crippen LogP contribution in [0.4, 0.5) is 0 Å². The van der Waals surface area contributed by atoms with Crippen molar-refractivity contribution < 1.29 is 0 Å². The van der Waals surface area contributed by atoms with Gasteiger partial charge in [0.25, 0.3) is 0 Å². The van der Waals surface area contributed by atoms with Crippen LogP contribution < -0.4 is 5.32 Å². The maximum atomic E-state index is 3.38. The summed E-state index contributed by atoms with van der Waals surface area (Å²) in [5, 5.41) is 3.36. The number of allylic oxidation sites excluding steroid dienone is 3. The van der Waals surface area contributed by atoms with E-state index >= 15 is 0 Å². The Hall–Kier alpha value is -0.560. The summed E-state index contributed by atoms with van der Waals surface area (Å²) in [6, 6.07) is 0.551. The molecule has 1 fully saturated rings. The van der Waals surface area contributed by atoms with Gasteiger partial charge in [0.2, 0.25) is 0 Å². The summed E-state index contributed by atoms with van der Waals surface area (Å²) in [4.78, 5) is 0. The minimum Gasteiger partial charge on any atom is -0.310 e. The Balaban J connectivity index is 2.12. The number of nitrogens with one attached hydrogen (secondary N) is 1. The quantitative estimate of drug-likeness (QED) is 0.523. The van der Waals surface area contributed by atoms with E-state index in [4.69, 9.17) is 0 Å². The number of hydrogen-bond acceptors (Lipinski definition) is 1. The van der Waals surface area contributed by atoms with Gasteiger partial charge >= 0.3 is 0 Å². The SMILES string of the molecule is [C]1CNC2C=CC=CCC12. The Morgan fingerprint density at radius 2 is 2.40 bits per heavy atom. The van der Waals surface area contributed by atoms with Crippen LogP contribution >= 0.6 is 0 Å². The highest BCUT2D eigenvalue weighted by Gasteiger charge is 2.24. The van der Waals surface area contributed by atoms with Crippen molar-refractivity contribution in [3.8, 4) is 0 Å². The summed E-state index contributed by atoms with van der Waals surface area (Å²) in [5.74, 6) is 0.620. The minimum absolute atomic E-state index is 0.551. The normalized spacial score (nSPS) is 37.6. The zero-order valence-corrected chi connectivity index (χ0v) is 5.88. The molecule has 0 spiro atoms. The molecule has 0 amide bonds. The smallest absolute Gasteiger partial charge is 0.0290 e.